The molecule has 0 unspecified atom stereocenters. The topological polar surface area (TPSA) is 0 Å². The highest BCUT2D eigenvalue weighted by molar-refractivity contribution is 7.80. The summed E-state index contributed by atoms with van der Waals surface area (Å²) >= 11 is 0. The fourth-order valence-corrected chi connectivity index (χ4v) is 8.17. The van der Waals surface area contributed by atoms with Crippen LogP contribution in [0, 0.1) is 0 Å². The molecule has 0 radical (unpaired) electrons. The van der Waals surface area contributed by atoms with Crippen LogP contribution < -0.4 is 15.9 Å². The average Bonchev–Trinajstić information content (AvgIpc) is 2.99. The summed E-state index contributed by atoms with van der Waals surface area (Å²) in [4.78, 5) is 0. The molecule has 0 aliphatic carbocycles. The van der Waals surface area contributed by atoms with Crippen molar-refractivity contribution in [3.8, 4) is 11.1 Å². The van der Waals surface area contributed by atoms with Crippen LogP contribution in [-0.2, 0) is 5.41 Å². The number of allylic oxidation sites excluding steroid dienone is 4. The van der Waals surface area contributed by atoms with Crippen LogP contribution in [0.1, 0.15) is 90.8 Å². The Labute approximate surface area is 251 Å². The molecule has 0 N–H and O–H groups in total. The summed E-state index contributed by atoms with van der Waals surface area (Å²) in [6.45, 7) is 16.2. The maximum absolute atomic E-state index is 2.51. The first-order chi connectivity index (χ1) is 19.8. The van der Waals surface area contributed by atoms with Gasteiger partial charge in [0.15, 0.2) is 0 Å². The SMILES string of the molecule is CC/C=C(\CC)c1cc(C(C)(C)C)cc(/C(=C/CC)CC)c1-c1ccccc1P(c1ccccc1)c1ccccc1. The van der Waals surface area contributed by atoms with Gasteiger partial charge in [0.2, 0.25) is 0 Å². The van der Waals surface area contributed by atoms with Gasteiger partial charge in [-0.3, -0.25) is 0 Å². The van der Waals surface area contributed by atoms with Crippen LogP contribution in [0.4, 0.5) is 0 Å². The zero-order valence-corrected chi connectivity index (χ0v) is 27.1. The molecular weight excluding hydrogens is 511 g/mol. The van der Waals surface area contributed by atoms with Gasteiger partial charge in [0.25, 0.3) is 0 Å². The molecule has 41 heavy (non-hydrogen) atoms. The summed E-state index contributed by atoms with van der Waals surface area (Å²) in [5, 5.41) is 4.19. The van der Waals surface area contributed by atoms with Crippen molar-refractivity contribution in [1.29, 1.82) is 0 Å². The van der Waals surface area contributed by atoms with Gasteiger partial charge in [0, 0.05) is 0 Å². The molecule has 1 heteroatoms. The molecule has 0 saturated carbocycles. The Morgan fingerprint density at radius 2 is 1.05 bits per heavy atom. The average molecular weight is 559 g/mol. The molecule has 0 heterocycles. The van der Waals surface area contributed by atoms with Crippen LogP contribution in [0.3, 0.4) is 0 Å². The number of hydrogen-bond donors (Lipinski definition) is 0. The van der Waals surface area contributed by atoms with E-state index in [9.17, 15) is 0 Å². The van der Waals surface area contributed by atoms with E-state index >= 15 is 0 Å². The largest absolute Gasteiger partial charge is 0.0810 e. The van der Waals surface area contributed by atoms with Gasteiger partial charge in [-0.05, 0) is 93.9 Å². The fraction of sp³-hybridized carbons (Fsp3) is 0.300. The molecule has 0 nitrogen and oxygen atoms in total. The van der Waals surface area contributed by atoms with Crippen LogP contribution >= 0.6 is 7.92 Å². The summed E-state index contributed by atoms with van der Waals surface area (Å²) < 4.78 is 0. The van der Waals surface area contributed by atoms with E-state index in [0.717, 1.165) is 25.7 Å². The molecule has 0 fully saturated rings. The highest BCUT2D eigenvalue weighted by Gasteiger charge is 2.26. The lowest BCUT2D eigenvalue weighted by Gasteiger charge is -2.29. The molecule has 0 bridgehead atoms. The molecule has 4 aromatic rings. The molecule has 0 aliphatic heterocycles. The van der Waals surface area contributed by atoms with E-state index in [1.807, 2.05) is 0 Å². The van der Waals surface area contributed by atoms with Crippen LogP contribution in [0.5, 0.6) is 0 Å². The van der Waals surface area contributed by atoms with Gasteiger partial charge in [-0.25, -0.2) is 0 Å². The molecule has 0 aromatic heterocycles. The lowest BCUT2D eigenvalue weighted by molar-refractivity contribution is 0.590. The van der Waals surface area contributed by atoms with Gasteiger partial charge in [-0.1, -0.05) is 158 Å². The van der Waals surface area contributed by atoms with Gasteiger partial charge in [0.1, 0.15) is 0 Å². The number of hydrogen-bond acceptors (Lipinski definition) is 0. The monoisotopic (exact) mass is 558 g/mol. The quantitative estimate of drug-likeness (QED) is 0.170. The van der Waals surface area contributed by atoms with Crippen LogP contribution in [-0.4, -0.2) is 0 Å². The second kappa shape index (κ2) is 14.1. The third kappa shape index (κ3) is 6.99. The van der Waals surface area contributed by atoms with Crippen molar-refractivity contribution in [1.82, 2.24) is 0 Å². The highest BCUT2D eigenvalue weighted by Crippen LogP contribution is 2.44. The van der Waals surface area contributed by atoms with E-state index in [2.05, 4.69) is 158 Å². The molecule has 0 amide bonds. The molecule has 4 aromatic carbocycles. The predicted octanol–water partition coefficient (Wildman–Crippen LogP) is 10.8. The Morgan fingerprint density at radius 3 is 1.46 bits per heavy atom. The third-order valence-corrected chi connectivity index (χ3v) is 10.3. The van der Waals surface area contributed by atoms with Crippen molar-refractivity contribution in [3.63, 3.8) is 0 Å². The van der Waals surface area contributed by atoms with E-state index in [1.165, 1.54) is 54.9 Å². The first-order valence-electron chi connectivity index (χ1n) is 15.4. The van der Waals surface area contributed by atoms with Crippen molar-refractivity contribution in [2.24, 2.45) is 0 Å². The Morgan fingerprint density at radius 1 is 0.610 bits per heavy atom. The fourth-order valence-electron chi connectivity index (χ4n) is 5.72. The van der Waals surface area contributed by atoms with Gasteiger partial charge in [0.05, 0.1) is 0 Å². The minimum absolute atomic E-state index is 0.0539. The first kappa shape index (κ1) is 30.7. The van der Waals surface area contributed by atoms with Crippen LogP contribution in [0.2, 0.25) is 0 Å². The van der Waals surface area contributed by atoms with E-state index in [-0.39, 0.29) is 5.41 Å². The Balaban J connectivity index is 2.17. The van der Waals surface area contributed by atoms with E-state index in [0.29, 0.717) is 0 Å². The summed E-state index contributed by atoms with van der Waals surface area (Å²) in [6, 6.07) is 36.5. The van der Waals surface area contributed by atoms with E-state index in [1.54, 1.807) is 0 Å². The Bertz CT molecular complexity index is 1400. The molecule has 0 atom stereocenters. The summed E-state index contributed by atoms with van der Waals surface area (Å²) in [5.41, 5.74) is 9.91. The Kier molecular flexibility index (Phi) is 10.6. The van der Waals surface area contributed by atoms with Crippen molar-refractivity contribution < 1.29 is 0 Å². The third-order valence-electron chi connectivity index (χ3n) is 7.80. The van der Waals surface area contributed by atoms with Crippen LogP contribution in [0.25, 0.3) is 22.3 Å². The van der Waals surface area contributed by atoms with Gasteiger partial charge in [-0.15, -0.1) is 0 Å². The summed E-state index contributed by atoms with van der Waals surface area (Å²) in [7, 11) is -0.747. The highest BCUT2D eigenvalue weighted by atomic mass is 31.1. The zero-order valence-electron chi connectivity index (χ0n) is 26.2. The lowest BCUT2D eigenvalue weighted by atomic mass is 9.78. The smallest absolute Gasteiger partial charge is 0.00267 e. The van der Waals surface area contributed by atoms with Crippen molar-refractivity contribution in [2.45, 2.75) is 79.6 Å². The van der Waals surface area contributed by atoms with Gasteiger partial charge in [-0.2, -0.15) is 0 Å². The maximum atomic E-state index is 2.51. The molecule has 4 rings (SSSR count). The van der Waals surface area contributed by atoms with Crippen molar-refractivity contribution in [2.75, 3.05) is 0 Å². The predicted molar refractivity (Wildman–Crippen MR) is 186 cm³/mol. The molecule has 212 valence electrons. The summed E-state index contributed by atoms with van der Waals surface area (Å²) in [6.07, 6.45) is 8.99. The van der Waals surface area contributed by atoms with Crippen molar-refractivity contribution >= 4 is 35.0 Å². The molecule has 0 saturated heterocycles. The van der Waals surface area contributed by atoms with Gasteiger partial charge >= 0.3 is 0 Å². The molecular formula is C40H47P. The normalized spacial score (nSPS) is 12.7. The standard InChI is InChI=1S/C40H47P/c1-8-20-30(10-3)36-28-32(40(5,6)7)29-37(31(11-4)21-9-2)39(36)35-26-18-19-27-38(35)41(33-22-14-12-15-23-33)34-24-16-13-17-25-34/h12-29H,8-11H2,1-7H3/b30-20+,31-21+. The van der Waals surface area contributed by atoms with E-state index in [4.69, 9.17) is 0 Å². The molecule has 0 aliphatic rings. The number of benzene rings is 4. The lowest BCUT2D eigenvalue weighted by Crippen LogP contribution is -2.22. The second-order valence-electron chi connectivity index (χ2n) is 11.7. The Hall–Kier alpha value is -3.21. The number of rotatable bonds is 10. The summed E-state index contributed by atoms with van der Waals surface area (Å²) in [5.74, 6) is 0. The maximum Gasteiger partial charge on any atom is -0.00267 e. The van der Waals surface area contributed by atoms with Crippen LogP contribution in [0.15, 0.2) is 109 Å². The second-order valence-corrected chi connectivity index (χ2v) is 13.9. The minimum atomic E-state index is -0.747. The van der Waals surface area contributed by atoms with E-state index < -0.39 is 7.92 Å². The molecule has 0 spiro atoms. The minimum Gasteiger partial charge on any atom is -0.0810 e. The first-order valence-corrected chi connectivity index (χ1v) is 16.7. The van der Waals surface area contributed by atoms with Gasteiger partial charge < -0.3 is 0 Å². The zero-order chi connectivity index (χ0) is 29.4. The van der Waals surface area contributed by atoms with Crippen molar-refractivity contribution in [3.05, 3.63) is 126 Å².